The van der Waals surface area contributed by atoms with Crippen LogP contribution in [0.5, 0.6) is 5.75 Å². The van der Waals surface area contributed by atoms with Gasteiger partial charge in [-0.3, -0.25) is 9.78 Å². The highest BCUT2D eigenvalue weighted by Crippen LogP contribution is 2.26. The zero-order valence-electron chi connectivity index (χ0n) is 12.8. The molecule has 1 amide bonds. The van der Waals surface area contributed by atoms with Gasteiger partial charge in [0.1, 0.15) is 11.6 Å². The fraction of sp³-hybridized carbons (Fsp3) is 0.111. The number of ether oxygens (including phenoxy) is 1. The van der Waals surface area contributed by atoms with E-state index in [-0.39, 0.29) is 5.56 Å². The molecule has 0 aliphatic rings. The number of anilines is 1. The van der Waals surface area contributed by atoms with Crippen LogP contribution in [0.2, 0.25) is 0 Å². The fourth-order valence-corrected chi connectivity index (χ4v) is 2.47. The van der Waals surface area contributed by atoms with Crippen LogP contribution < -0.4 is 10.1 Å². The van der Waals surface area contributed by atoms with Crippen molar-refractivity contribution < 1.29 is 13.9 Å². The number of pyridine rings is 1. The second-order valence-corrected chi connectivity index (χ2v) is 5.13. The average molecular weight is 310 g/mol. The van der Waals surface area contributed by atoms with Crippen molar-refractivity contribution in [2.45, 2.75) is 6.92 Å². The van der Waals surface area contributed by atoms with E-state index in [1.807, 2.05) is 25.1 Å². The molecule has 5 heteroatoms. The van der Waals surface area contributed by atoms with E-state index in [9.17, 15) is 9.18 Å². The number of nitrogens with zero attached hydrogens (tertiary/aromatic N) is 1. The van der Waals surface area contributed by atoms with E-state index in [2.05, 4.69) is 10.3 Å². The topological polar surface area (TPSA) is 51.2 Å². The van der Waals surface area contributed by atoms with Gasteiger partial charge in [-0.2, -0.15) is 0 Å². The van der Waals surface area contributed by atoms with Crippen LogP contribution in [0, 0.1) is 12.7 Å². The molecular formula is C18H15FN2O2. The number of aryl methyl sites for hydroxylation is 1. The molecule has 1 aromatic heterocycles. The number of aromatic nitrogens is 1. The molecule has 0 saturated carbocycles. The van der Waals surface area contributed by atoms with Crippen LogP contribution in [-0.4, -0.2) is 18.0 Å². The summed E-state index contributed by atoms with van der Waals surface area (Å²) in [6.07, 6.45) is 1.70. The summed E-state index contributed by atoms with van der Waals surface area (Å²) in [5.74, 6) is -0.611. The van der Waals surface area contributed by atoms with E-state index >= 15 is 0 Å². The van der Waals surface area contributed by atoms with Gasteiger partial charge in [0, 0.05) is 11.6 Å². The van der Waals surface area contributed by atoms with Crippen LogP contribution >= 0.6 is 0 Å². The van der Waals surface area contributed by atoms with Crippen molar-refractivity contribution in [1.29, 1.82) is 0 Å². The lowest BCUT2D eigenvalue weighted by molar-refractivity contribution is 0.102. The molecule has 0 bridgehead atoms. The maximum atomic E-state index is 13.4. The van der Waals surface area contributed by atoms with Crippen molar-refractivity contribution >= 4 is 22.5 Å². The van der Waals surface area contributed by atoms with Crippen molar-refractivity contribution in [3.05, 3.63) is 65.6 Å². The van der Waals surface area contributed by atoms with Gasteiger partial charge in [0.15, 0.2) is 0 Å². The lowest BCUT2D eigenvalue weighted by atomic mass is 10.1. The highest BCUT2D eigenvalue weighted by molar-refractivity contribution is 6.10. The summed E-state index contributed by atoms with van der Waals surface area (Å²) in [5.41, 5.74) is 2.60. The van der Waals surface area contributed by atoms with E-state index in [4.69, 9.17) is 4.74 Å². The first-order chi connectivity index (χ1) is 11.1. The number of amides is 1. The number of carbonyl (C=O) groups excluding carboxylic acids is 1. The minimum atomic E-state index is -0.494. The SMILES string of the molecule is COc1ccc(F)cc1C(=O)Nc1ccc(C)c2ncccc12. The Kier molecular flexibility index (Phi) is 3.93. The average Bonchev–Trinajstić information content (AvgIpc) is 2.57. The van der Waals surface area contributed by atoms with E-state index < -0.39 is 11.7 Å². The van der Waals surface area contributed by atoms with Crippen LogP contribution in [0.3, 0.4) is 0 Å². The molecular weight excluding hydrogens is 295 g/mol. The highest BCUT2D eigenvalue weighted by atomic mass is 19.1. The van der Waals surface area contributed by atoms with Crippen LogP contribution in [0.25, 0.3) is 10.9 Å². The minimum absolute atomic E-state index is 0.144. The van der Waals surface area contributed by atoms with Gasteiger partial charge in [-0.15, -0.1) is 0 Å². The molecule has 0 aliphatic heterocycles. The molecule has 2 aromatic carbocycles. The maximum absolute atomic E-state index is 13.4. The van der Waals surface area contributed by atoms with Crippen molar-refractivity contribution in [3.63, 3.8) is 0 Å². The molecule has 0 aliphatic carbocycles. The third-order valence-electron chi connectivity index (χ3n) is 3.63. The smallest absolute Gasteiger partial charge is 0.259 e. The predicted molar refractivity (Wildman–Crippen MR) is 87.4 cm³/mol. The Bertz CT molecular complexity index is 893. The predicted octanol–water partition coefficient (Wildman–Crippen LogP) is 3.94. The largest absolute Gasteiger partial charge is 0.496 e. The first kappa shape index (κ1) is 15.0. The Hall–Kier alpha value is -2.95. The summed E-state index contributed by atoms with van der Waals surface area (Å²) in [6.45, 7) is 1.95. The molecule has 0 unspecified atom stereocenters. The first-order valence-electron chi connectivity index (χ1n) is 7.09. The number of methoxy groups -OCH3 is 1. The molecule has 3 aromatic rings. The maximum Gasteiger partial charge on any atom is 0.259 e. The highest BCUT2D eigenvalue weighted by Gasteiger charge is 2.15. The van der Waals surface area contributed by atoms with Crippen molar-refractivity contribution in [2.24, 2.45) is 0 Å². The standard InChI is InChI=1S/C18H15FN2O2/c1-11-5-7-15(13-4-3-9-20-17(11)13)21-18(22)14-10-12(19)6-8-16(14)23-2/h3-10H,1-2H3,(H,21,22). The van der Waals surface area contributed by atoms with Gasteiger partial charge in [0.2, 0.25) is 0 Å². The molecule has 116 valence electrons. The number of hydrogen-bond donors (Lipinski definition) is 1. The van der Waals surface area contributed by atoms with Crippen molar-refractivity contribution in [2.75, 3.05) is 12.4 Å². The number of carbonyl (C=O) groups is 1. The summed E-state index contributed by atoms with van der Waals surface area (Å²) in [5, 5.41) is 3.63. The Morgan fingerprint density at radius 3 is 2.83 bits per heavy atom. The Morgan fingerprint density at radius 2 is 2.04 bits per heavy atom. The van der Waals surface area contributed by atoms with Gasteiger partial charge in [0.25, 0.3) is 5.91 Å². The Morgan fingerprint density at radius 1 is 1.22 bits per heavy atom. The summed E-state index contributed by atoms with van der Waals surface area (Å²) in [4.78, 5) is 16.8. The molecule has 3 rings (SSSR count). The Labute approximate surface area is 132 Å². The zero-order chi connectivity index (χ0) is 16.4. The number of hydrogen-bond acceptors (Lipinski definition) is 3. The molecule has 4 nitrogen and oxygen atoms in total. The summed E-state index contributed by atoms with van der Waals surface area (Å²) in [6, 6.07) is 11.2. The van der Waals surface area contributed by atoms with E-state index in [1.54, 1.807) is 12.3 Å². The van der Waals surface area contributed by atoms with E-state index in [0.717, 1.165) is 22.5 Å². The fourth-order valence-electron chi connectivity index (χ4n) is 2.47. The van der Waals surface area contributed by atoms with Crippen LogP contribution in [0.15, 0.2) is 48.7 Å². The van der Waals surface area contributed by atoms with Gasteiger partial charge >= 0.3 is 0 Å². The van der Waals surface area contributed by atoms with E-state index in [0.29, 0.717) is 11.4 Å². The number of fused-ring (bicyclic) bond motifs is 1. The van der Waals surface area contributed by atoms with Crippen LogP contribution in [0.1, 0.15) is 15.9 Å². The summed E-state index contributed by atoms with van der Waals surface area (Å²) >= 11 is 0. The molecule has 1 heterocycles. The molecule has 0 spiro atoms. The number of rotatable bonds is 3. The molecule has 1 N–H and O–H groups in total. The lowest BCUT2D eigenvalue weighted by Gasteiger charge is -2.12. The molecule has 0 atom stereocenters. The van der Waals surface area contributed by atoms with E-state index in [1.165, 1.54) is 19.2 Å². The minimum Gasteiger partial charge on any atom is -0.496 e. The van der Waals surface area contributed by atoms with Gasteiger partial charge < -0.3 is 10.1 Å². The number of nitrogens with one attached hydrogen (secondary N) is 1. The summed E-state index contributed by atoms with van der Waals surface area (Å²) in [7, 11) is 1.44. The molecule has 23 heavy (non-hydrogen) atoms. The summed E-state index contributed by atoms with van der Waals surface area (Å²) < 4.78 is 18.6. The van der Waals surface area contributed by atoms with Gasteiger partial charge in [0.05, 0.1) is 23.9 Å². The molecule has 0 fully saturated rings. The third-order valence-corrected chi connectivity index (χ3v) is 3.63. The van der Waals surface area contributed by atoms with Crippen LogP contribution in [-0.2, 0) is 0 Å². The van der Waals surface area contributed by atoms with Gasteiger partial charge in [-0.1, -0.05) is 6.07 Å². The lowest BCUT2D eigenvalue weighted by Crippen LogP contribution is -2.14. The van der Waals surface area contributed by atoms with Crippen LogP contribution in [0.4, 0.5) is 10.1 Å². The quantitative estimate of drug-likeness (QED) is 0.797. The Balaban J connectivity index is 2.01. The second-order valence-electron chi connectivity index (χ2n) is 5.13. The van der Waals surface area contributed by atoms with Crippen molar-refractivity contribution in [1.82, 2.24) is 4.98 Å². The third kappa shape index (κ3) is 2.85. The number of halogens is 1. The first-order valence-corrected chi connectivity index (χ1v) is 7.09. The zero-order valence-corrected chi connectivity index (χ0v) is 12.8. The second kappa shape index (κ2) is 6.04. The molecule has 0 radical (unpaired) electrons. The monoisotopic (exact) mass is 310 g/mol. The normalized spacial score (nSPS) is 10.6. The molecule has 0 saturated heterocycles. The van der Waals surface area contributed by atoms with Gasteiger partial charge in [-0.25, -0.2) is 4.39 Å². The van der Waals surface area contributed by atoms with Crippen molar-refractivity contribution in [3.8, 4) is 5.75 Å². The van der Waals surface area contributed by atoms with Gasteiger partial charge in [-0.05, 0) is 48.9 Å². The number of benzene rings is 2.